The van der Waals surface area contributed by atoms with Crippen molar-refractivity contribution in [1.29, 1.82) is 0 Å². The maximum atomic E-state index is 15.7. The highest BCUT2D eigenvalue weighted by Gasteiger charge is 2.24. The summed E-state index contributed by atoms with van der Waals surface area (Å²) in [7, 11) is 3.13. The van der Waals surface area contributed by atoms with Gasteiger partial charge in [0.15, 0.2) is 11.6 Å². The summed E-state index contributed by atoms with van der Waals surface area (Å²) in [6, 6.07) is 15.0. The van der Waals surface area contributed by atoms with Crippen molar-refractivity contribution in [3.8, 4) is 28.1 Å². The molecule has 2 fully saturated rings. The van der Waals surface area contributed by atoms with Crippen LogP contribution in [0.3, 0.4) is 0 Å². The molecule has 2 aromatic carbocycles. The predicted molar refractivity (Wildman–Crippen MR) is 200 cm³/mol. The fourth-order valence-electron chi connectivity index (χ4n) is 6.58. The third kappa shape index (κ3) is 8.82. The minimum atomic E-state index is -0.480. The zero-order chi connectivity index (χ0) is 36.6. The van der Waals surface area contributed by atoms with Crippen LogP contribution >= 0.6 is 23.2 Å². The quantitative estimate of drug-likeness (QED) is 0.121. The lowest BCUT2D eigenvalue weighted by Crippen LogP contribution is -2.45. The average molecular weight is 751 g/mol. The number of amides is 2. The Labute approximate surface area is 312 Å². The normalized spacial score (nSPS) is 16.2. The van der Waals surface area contributed by atoms with E-state index in [0.717, 1.165) is 30.4 Å². The first kappa shape index (κ1) is 37.4. The lowest BCUT2D eigenvalue weighted by Gasteiger charge is -2.32. The molecule has 0 aliphatic carbocycles. The Hall–Kier alpha value is -4.33. The fraction of sp³-hybridized carbons (Fsp3) is 0.368. The number of benzene rings is 2. The monoisotopic (exact) mass is 749 g/mol. The van der Waals surface area contributed by atoms with Crippen LogP contribution in [0.4, 0.5) is 15.9 Å². The van der Waals surface area contributed by atoms with E-state index in [2.05, 4.69) is 31.2 Å². The molecule has 11 nitrogen and oxygen atoms in total. The van der Waals surface area contributed by atoms with Crippen LogP contribution < -0.4 is 26.0 Å². The summed E-state index contributed by atoms with van der Waals surface area (Å²) in [6.45, 7) is 2.89. The standard InChI is InChI=1S/C38H42Cl2FN7O4/c1-51-22-33(50)48-16-12-26(13-17-48)45-20-25-10-14-44-38(36(25)41)47-30-5-3-4-28(34(30)39)29-11-15-43-37(35(29)40)23-6-7-24(31(18-23)52-2)19-42-21-27-8-9-32(49)46-27/h3-7,10-11,14-15,18,26-27,42,45H,8-9,12-13,16-17,19-22H2,1-2H3,(H,44,47)(H,46,49)/t27-/m1/s1. The van der Waals surface area contributed by atoms with E-state index in [1.807, 2.05) is 30.3 Å². The Morgan fingerprint density at radius 3 is 2.52 bits per heavy atom. The first-order valence-electron chi connectivity index (χ1n) is 17.3. The molecule has 0 radical (unpaired) electrons. The lowest BCUT2D eigenvalue weighted by atomic mass is 10.0. The molecule has 0 bridgehead atoms. The van der Waals surface area contributed by atoms with Crippen molar-refractivity contribution in [3.63, 3.8) is 0 Å². The van der Waals surface area contributed by atoms with Crippen molar-refractivity contribution in [2.45, 2.75) is 50.9 Å². The zero-order valence-electron chi connectivity index (χ0n) is 29.1. The van der Waals surface area contributed by atoms with Crippen LogP contribution in [0, 0.1) is 5.82 Å². The molecule has 2 saturated heterocycles. The molecule has 0 unspecified atom stereocenters. The number of nitrogens with zero attached hydrogens (tertiary/aromatic N) is 3. The van der Waals surface area contributed by atoms with Gasteiger partial charge in [0, 0.05) is 98.5 Å². The number of aromatic nitrogens is 2. The third-order valence-electron chi connectivity index (χ3n) is 9.45. The number of hydrogen-bond donors (Lipinski definition) is 4. The number of carbonyl (C=O) groups excluding carboxylic acids is 2. The summed E-state index contributed by atoms with van der Waals surface area (Å²) in [4.78, 5) is 34.3. The van der Waals surface area contributed by atoms with Crippen LogP contribution in [0.25, 0.3) is 22.4 Å². The van der Waals surface area contributed by atoms with E-state index in [1.165, 1.54) is 7.11 Å². The maximum absolute atomic E-state index is 15.7. The van der Waals surface area contributed by atoms with Crippen molar-refractivity contribution < 1.29 is 23.5 Å². The first-order chi connectivity index (χ1) is 25.2. The van der Waals surface area contributed by atoms with E-state index in [4.69, 9.17) is 32.7 Å². The SMILES string of the molecule is COCC(=O)N1CCC(NCc2ccnc(Nc3cccc(-c4ccnc(-c5ccc(CNC[C@H]6CCC(=O)N6)c(OC)c5)c4Cl)c3Cl)c2F)CC1. The minimum Gasteiger partial charge on any atom is -0.496 e. The predicted octanol–water partition coefficient (Wildman–Crippen LogP) is 6.10. The number of nitrogens with one attached hydrogen (secondary N) is 4. The van der Waals surface area contributed by atoms with E-state index >= 15 is 4.39 Å². The maximum Gasteiger partial charge on any atom is 0.248 e. The number of hydrogen-bond acceptors (Lipinski definition) is 9. The number of pyridine rings is 2. The Balaban J connectivity index is 1.14. The summed E-state index contributed by atoms with van der Waals surface area (Å²) in [5, 5.41) is 13.6. The van der Waals surface area contributed by atoms with Gasteiger partial charge in [-0.1, -0.05) is 47.5 Å². The Morgan fingerprint density at radius 1 is 0.981 bits per heavy atom. The average Bonchev–Trinajstić information content (AvgIpc) is 3.58. The molecule has 14 heteroatoms. The molecule has 2 amide bonds. The molecule has 4 heterocycles. The van der Waals surface area contributed by atoms with Crippen molar-refractivity contribution in [2.24, 2.45) is 0 Å². The first-order valence-corrected chi connectivity index (χ1v) is 18.0. The summed E-state index contributed by atoms with van der Waals surface area (Å²) in [5.41, 5.74) is 4.51. The largest absolute Gasteiger partial charge is 0.496 e. The highest BCUT2D eigenvalue weighted by atomic mass is 35.5. The van der Waals surface area contributed by atoms with Crippen molar-refractivity contribution >= 4 is 46.5 Å². The molecule has 1 atom stereocenters. The van der Waals surface area contributed by atoms with Crippen molar-refractivity contribution in [1.82, 2.24) is 30.8 Å². The van der Waals surface area contributed by atoms with Crippen LogP contribution in [-0.2, 0) is 27.4 Å². The second kappa shape index (κ2) is 17.5. The van der Waals surface area contributed by atoms with Crippen LogP contribution in [-0.4, -0.2) is 79.2 Å². The van der Waals surface area contributed by atoms with Gasteiger partial charge in [-0.2, -0.15) is 0 Å². The molecule has 0 spiro atoms. The topological polar surface area (TPSA) is 130 Å². The fourth-order valence-corrected chi connectivity index (χ4v) is 7.17. The summed E-state index contributed by atoms with van der Waals surface area (Å²) < 4.78 is 26.4. The highest BCUT2D eigenvalue weighted by molar-refractivity contribution is 6.39. The Bertz CT molecular complexity index is 1910. The van der Waals surface area contributed by atoms with Gasteiger partial charge < -0.3 is 35.6 Å². The van der Waals surface area contributed by atoms with E-state index in [9.17, 15) is 9.59 Å². The second-order valence-corrected chi connectivity index (χ2v) is 13.6. The van der Waals surface area contributed by atoms with Gasteiger partial charge in [-0.05, 0) is 43.5 Å². The number of carbonyl (C=O) groups is 2. The second-order valence-electron chi connectivity index (χ2n) is 12.9. The number of likely N-dealkylation sites (tertiary alicyclic amines) is 1. The van der Waals surface area contributed by atoms with Crippen molar-refractivity contribution in [3.05, 3.63) is 87.9 Å². The minimum absolute atomic E-state index is 0.0183. The highest BCUT2D eigenvalue weighted by Crippen LogP contribution is 2.42. The molecule has 2 aliphatic heterocycles. The number of piperidine rings is 1. The number of methoxy groups -OCH3 is 2. The summed E-state index contributed by atoms with van der Waals surface area (Å²) in [6.07, 6.45) is 6.16. The lowest BCUT2D eigenvalue weighted by molar-refractivity contribution is -0.136. The molecule has 4 N–H and O–H groups in total. The van der Waals surface area contributed by atoms with Gasteiger partial charge >= 0.3 is 0 Å². The molecular weight excluding hydrogens is 708 g/mol. The number of ether oxygens (including phenoxy) is 2. The van der Waals surface area contributed by atoms with Crippen molar-refractivity contribution in [2.75, 3.05) is 45.8 Å². The van der Waals surface area contributed by atoms with Crippen LogP contribution in [0.15, 0.2) is 60.9 Å². The van der Waals surface area contributed by atoms with E-state index < -0.39 is 5.82 Å². The zero-order valence-corrected chi connectivity index (χ0v) is 30.6. The summed E-state index contributed by atoms with van der Waals surface area (Å²) >= 11 is 14.0. The van der Waals surface area contributed by atoms with Gasteiger partial charge in [0.05, 0.1) is 28.5 Å². The van der Waals surface area contributed by atoms with Gasteiger partial charge in [0.2, 0.25) is 11.8 Å². The molecule has 2 aromatic heterocycles. The molecule has 2 aliphatic rings. The number of halogens is 3. The number of rotatable bonds is 14. The van der Waals surface area contributed by atoms with Crippen LogP contribution in [0.1, 0.15) is 36.8 Å². The van der Waals surface area contributed by atoms with E-state index in [-0.39, 0.29) is 36.3 Å². The molecule has 0 saturated carbocycles. The van der Waals surface area contributed by atoms with Gasteiger partial charge in [0.25, 0.3) is 0 Å². The molecule has 52 heavy (non-hydrogen) atoms. The van der Waals surface area contributed by atoms with Crippen LogP contribution in [0.2, 0.25) is 10.0 Å². The molecule has 4 aromatic rings. The molecular formula is C38H42Cl2FN7O4. The van der Waals surface area contributed by atoms with Gasteiger partial charge in [-0.25, -0.2) is 9.37 Å². The third-order valence-corrected chi connectivity index (χ3v) is 10.2. The van der Waals surface area contributed by atoms with Gasteiger partial charge in [-0.3, -0.25) is 14.6 Å². The number of anilines is 2. The van der Waals surface area contributed by atoms with Gasteiger partial charge in [0.1, 0.15) is 12.4 Å². The van der Waals surface area contributed by atoms with Gasteiger partial charge in [-0.15, -0.1) is 0 Å². The molecule has 6 rings (SSSR count). The Morgan fingerprint density at radius 2 is 1.77 bits per heavy atom. The van der Waals surface area contributed by atoms with E-state index in [0.29, 0.717) is 83.0 Å². The smallest absolute Gasteiger partial charge is 0.248 e. The summed E-state index contributed by atoms with van der Waals surface area (Å²) in [5.74, 6) is 0.323. The van der Waals surface area contributed by atoms with Crippen LogP contribution in [0.5, 0.6) is 5.75 Å². The molecule has 274 valence electrons. The van der Waals surface area contributed by atoms with E-state index in [1.54, 1.807) is 42.6 Å². The Kier molecular flexibility index (Phi) is 12.6.